The second kappa shape index (κ2) is 6.96. The van der Waals surface area contributed by atoms with E-state index in [0.717, 1.165) is 18.7 Å². The van der Waals surface area contributed by atoms with Crippen molar-refractivity contribution in [3.63, 3.8) is 0 Å². The normalized spacial score (nSPS) is 21.0. The second-order valence-electron chi connectivity index (χ2n) is 6.08. The van der Waals surface area contributed by atoms with E-state index in [1.54, 1.807) is 11.8 Å². The lowest BCUT2D eigenvalue weighted by atomic mass is 9.77. The van der Waals surface area contributed by atoms with Crippen LogP contribution >= 0.6 is 0 Å². The van der Waals surface area contributed by atoms with Crippen molar-refractivity contribution in [2.45, 2.75) is 19.3 Å². The van der Waals surface area contributed by atoms with Gasteiger partial charge in [0.05, 0.1) is 11.1 Å². The van der Waals surface area contributed by atoms with Gasteiger partial charge < -0.3 is 14.7 Å². The van der Waals surface area contributed by atoms with Gasteiger partial charge in [-0.2, -0.15) is 4.68 Å². The standard InChI is InChI=1S/C16H21N5O3/c1-24-11-9-16(14(22)23)8-5-10-20(12-16)15-17-18-19-21(15)13-6-3-2-4-7-13/h2-4,6-7H,5,8-12H2,1H3,(H,22,23). The van der Waals surface area contributed by atoms with Crippen LogP contribution in [0.3, 0.4) is 0 Å². The lowest BCUT2D eigenvalue weighted by Gasteiger charge is -2.39. The van der Waals surface area contributed by atoms with E-state index in [-0.39, 0.29) is 0 Å². The highest BCUT2D eigenvalue weighted by atomic mass is 16.5. The Balaban J connectivity index is 1.88. The molecule has 1 atom stereocenters. The molecule has 128 valence electrons. The molecular weight excluding hydrogens is 310 g/mol. The van der Waals surface area contributed by atoms with Gasteiger partial charge in [-0.3, -0.25) is 4.79 Å². The third-order valence-corrected chi connectivity index (χ3v) is 4.55. The summed E-state index contributed by atoms with van der Waals surface area (Å²) in [6.07, 6.45) is 1.88. The molecule has 1 N–H and O–H groups in total. The summed E-state index contributed by atoms with van der Waals surface area (Å²) in [6.45, 7) is 1.53. The molecule has 1 saturated heterocycles. The number of para-hydroxylation sites is 1. The van der Waals surface area contributed by atoms with Crippen molar-refractivity contribution in [1.29, 1.82) is 0 Å². The van der Waals surface area contributed by atoms with E-state index in [9.17, 15) is 9.90 Å². The summed E-state index contributed by atoms with van der Waals surface area (Å²) in [4.78, 5) is 13.9. The van der Waals surface area contributed by atoms with Crippen molar-refractivity contribution in [2.24, 2.45) is 5.41 Å². The molecule has 1 aromatic heterocycles. The fraction of sp³-hybridized carbons (Fsp3) is 0.500. The van der Waals surface area contributed by atoms with Crippen molar-refractivity contribution >= 4 is 11.9 Å². The Hall–Kier alpha value is -2.48. The van der Waals surface area contributed by atoms with Crippen LogP contribution in [0, 0.1) is 5.41 Å². The first-order valence-corrected chi connectivity index (χ1v) is 7.97. The van der Waals surface area contributed by atoms with Crippen LogP contribution in [0.4, 0.5) is 5.95 Å². The number of ether oxygens (including phenoxy) is 1. The summed E-state index contributed by atoms with van der Waals surface area (Å²) < 4.78 is 6.76. The van der Waals surface area contributed by atoms with Crippen molar-refractivity contribution in [2.75, 3.05) is 31.7 Å². The number of anilines is 1. The minimum absolute atomic E-state index is 0.374. The number of rotatable bonds is 6. The number of carboxylic acid groups (broad SMARTS) is 1. The highest BCUT2D eigenvalue weighted by Gasteiger charge is 2.43. The molecule has 0 amide bonds. The molecule has 1 aliphatic heterocycles. The van der Waals surface area contributed by atoms with E-state index in [2.05, 4.69) is 15.5 Å². The molecule has 1 aliphatic rings. The van der Waals surface area contributed by atoms with Gasteiger partial charge in [0, 0.05) is 26.8 Å². The lowest BCUT2D eigenvalue weighted by molar-refractivity contribution is -0.150. The van der Waals surface area contributed by atoms with Crippen LogP contribution in [0.25, 0.3) is 5.69 Å². The first kappa shape index (κ1) is 16.4. The van der Waals surface area contributed by atoms with Crippen molar-refractivity contribution in [1.82, 2.24) is 20.2 Å². The summed E-state index contributed by atoms with van der Waals surface area (Å²) in [5, 5.41) is 21.7. The third-order valence-electron chi connectivity index (χ3n) is 4.55. The van der Waals surface area contributed by atoms with Crippen LogP contribution in [0.15, 0.2) is 30.3 Å². The molecule has 0 bridgehead atoms. The second-order valence-corrected chi connectivity index (χ2v) is 6.08. The minimum Gasteiger partial charge on any atom is -0.481 e. The zero-order chi connectivity index (χ0) is 17.0. The first-order chi connectivity index (χ1) is 11.7. The number of carboxylic acids is 1. The van der Waals surface area contributed by atoms with E-state index >= 15 is 0 Å². The van der Waals surface area contributed by atoms with Crippen LogP contribution in [0.2, 0.25) is 0 Å². The Morgan fingerprint density at radius 1 is 1.38 bits per heavy atom. The molecular formula is C16H21N5O3. The number of benzene rings is 1. The van der Waals surface area contributed by atoms with Gasteiger partial charge in [0.2, 0.25) is 5.95 Å². The summed E-state index contributed by atoms with van der Waals surface area (Å²) >= 11 is 0. The summed E-state index contributed by atoms with van der Waals surface area (Å²) in [7, 11) is 1.59. The van der Waals surface area contributed by atoms with Crippen LogP contribution in [0.5, 0.6) is 0 Å². The summed E-state index contributed by atoms with van der Waals surface area (Å²) in [5.41, 5.74) is 0.0164. The van der Waals surface area contributed by atoms with Crippen molar-refractivity contribution in [3.05, 3.63) is 30.3 Å². The maximum absolute atomic E-state index is 11.9. The van der Waals surface area contributed by atoms with Gasteiger partial charge in [0.15, 0.2) is 0 Å². The van der Waals surface area contributed by atoms with Crippen LogP contribution in [-0.2, 0) is 9.53 Å². The monoisotopic (exact) mass is 331 g/mol. The predicted octanol–water partition coefficient (Wildman–Crippen LogP) is 1.37. The van der Waals surface area contributed by atoms with Gasteiger partial charge in [-0.05, 0) is 41.8 Å². The van der Waals surface area contributed by atoms with Gasteiger partial charge >= 0.3 is 5.97 Å². The number of methoxy groups -OCH3 is 1. The lowest BCUT2D eigenvalue weighted by Crippen LogP contribution is -2.49. The molecule has 3 rings (SSSR count). The Morgan fingerprint density at radius 2 is 2.17 bits per heavy atom. The highest BCUT2D eigenvalue weighted by Crippen LogP contribution is 2.35. The molecule has 0 aliphatic carbocycles. The van der Waals surface area contributed by atoms with Crippen LogP contribution in [0.1, 0.15) is 19.3 Å². The van der Waals surface area contributed by atoms with E-state index in [1.807, 2.05) is 35.2 Å². The maximum atomic E-state index is 11.9. The van der Waals surface area contributed by atoms with E-state index < -0.39 is 11.4 Å². The van der Waals surface area contributed by atoms with E-state index in [1.165, 1.54) is 0 Å². The van der Waals surface area contributed by atoms with Gasteiger partial charge in [-0.1, -0.05) is 23.3 Å². The average Bonchev–Trinajstić information content (AvgIpc) is 3.10. The van der Waals surface area contributed by atoms with E-state index in [0.29, 0.717) is 31.9 Å². The fourth-order valence-electron chi connectivity index (χ4n) is 3.20. The van der Waals surface area contributed by atoms with Gasteiger partial charge in [-0.25, -0.2) is 0 Å². The van der Waals surface area contributed by atoms with Gasteiger partial charge in [0.25, 0.3) is 0 Å². The summed E-state index contributed by atoms with van der Waals surface area (Å²) in [5.74, 6) is -0.216. The smallest absolute Gasteiger partial charge is 0.311 e. The molecule has 0 saturated carbocycles. The Bertz CT molecular complexity index is 690. The zero-order valence-electron chi connectivity index (χ0n) is 13.6. The van der Waals surface area contributed by atoms with Crippen molar-refractivity contribution < 1.29 is 14.6 Å². The Morgan fingerprint density at radius 3 is 2.88 bits per heavy atom. The minimum atomic E-state index is -0.832. The first-order valence-electron chi connectivity index (χ1n) is 7.97. The quantitative estimate of drug-likeness (QED) is 0.854. The molecule has 1 fully saturated rings. The highest BCUT2D eigenvalue weighted by molar-refractivity contribution is 5.76. The van der Waals surface area contributed by atoms with Crippen LogP contribution < -0.4 is 4.90 Å². The molecule has 24 heavy (non-hydrogen) atoms. The molecule has 0 spiro atoms. The van der Waals surface area contributed by atoms with E-state index in [4.69, 9.17) is 4.74 Å². The number of carbonyl (C=O) groups is 1. The largest absolute Gasteiger partial charge is 0.481 e. The number of piperidine rings is 1. The molecule has 2 heterocycles. The molecule has 8 heteroatoms. The summed E-state index contributed by atoms with van der Waals surface area (Å²) in [6, 6.07) is 9.58. The third kappa shape index (κ3) is 3.09. The Labute approximate surface area is 140 Å². The number of hydrogen-bond donors (Lipinski definition) is 1. The van der Waals surface area contributed by atoms with Crippen molar-refractivity contribution in [3.8, 4) is 5.69 Å². The van der Waals surface area contributed by atoms with Gasteiger partial charge in [0.1, 0.15) is 0 Å². The zero-order valence-corrected chi connectivity index (χ0v) is 13.6. The average molecular weight is 331 g/mol. The van der Waals surface area contributed by atoms with Crippen LogP contribution in [-0.4, -0.2) is 58.1 Å². The fourth-order valence-corrected chi connectivity index (χ4v) is 3.20. The predicted molar refractivity (Wildman–Crippen MR) is 87.2 cm³/mol. The number of hydrogen-bond acceptors (Lipinski definition) is 6. The number of aromatic nitrogens is 4. The molecule has 8 nitrogen and oxygen atoms in total. The maximum Gasteiger partial charge on any atom is 0.311 e. The topological polar surface area (TPSA) is 93.4 Å². The van der Waals surface area contributed by atoms with Gasteiger partial charge in [-0.15, -0.1) is 0 Å². The Kier molecular flexibility index (Phi) is 4.75. The SMILES string of the molecule is COCCC1(C(=O)O)CCCN(c2nnnn2-c2ccccc2)C1. The number of tetrazole rings is 1. The molecule has 1 unspecified atom stereocenters. The molecule has 2 aromatic rings. The molecule has 1 aromatic carbocycles. The number of aliphatic carboxylic acids is 1. The molecule has 0 radical (unpaired) electrons. The number of nitrogens with zero attached hydrogens (tertiary/aromatic N) is 5.